The van der Waals surface area contributed by atoms with E-state index in [1.807, 2.05) is 42.7 Å². The zero-order chi connectivity index (χ0) is 23.0. The number of hydrogen-bond donors (Lipinski definition) is 2. The van der Waals surface area contributed by atoms with E-state index < -0.39 is 0 Å². The number of nitrogens with zero attached hydrogens (tertiary/aromatic N) is 3. The summed E-state index contributed by atoms with van der Waals surface area (Å²) >= 11 is 0. The van der Waals surface area contributed by atoms with Gasteiger partial charge in [-0.3, -0.25) is 4.99 Å². The topological polar surface area (TPSA) is 72.7 Å². The summed E-state index contributed by atoms with van der Waals surface area (Å²) in [5.41, 5.74) is 5.60. The van der Waals surface area contributed by atoms with E-state index in [4.69, 9.17) is 9.47 Å². The van der Waals surface area contributed by atoms with E-state index >= 15 is 0 Å². The molecule has 0 aliphatic carbocycles. The Balaban J connectivity index is 0.00000324. The van der Waals surface area contributed by atoms with Crippen molar-refractivity contribution in [2.24, 2.45) is 4.99 Å². The molecule has 0 unspecified atom stereocenters. The lowest BCUT2D eigenvalue weighted by molar-refractivity contribution is 0.390. The molecule has 2 N–H and O–H groups in total. The van der Waals surface area contributed by atoms with Gasteiger partial charge in [-0.2, -0.15) is 0 Å². The second kappa shape index (κ2) is 12.3. The lowest BCUT2D eigenvalue weighted by Crippen LogP contribution is -2.36. The highest BCUT2D eigenvalue weighted by molar-refractivity contribution is 14.0. The molecule has 0 saturated heterocycles. The third-order valence-electron chi connectivity index (χ3n) is 5.53. The number of nitrogens with one attached hydrogen (secondary N) is 2. The molecule has 0 spiro atoms. The second-order valence-corrected chi connectivity index (χ2v) is 7.63. The zero-order valence-corrected chi connectivity index (χ0v) is 21.9. The molecule has 0 amide bonds. The average molecular weight is 571 g/mol. The standard InChI is InChI=1S/C26H29N5O2.HI/c1-27-26(29-16-21-12-13-22(32-2)14-25(21)33-3)28-15-19-8-10-20(11-9-19)17-31-18-30-23-6-4-5-7-24(23)31;/h4-14,18H,15-17H2,1-3H3,(H2,27,28,29);1H. The second-order valence-electron chi connectivity index (χ2n) is 7.63. The Bertz CT molecular complexity index is 1240. The smallest absolute Gasteiger partial charge is 0.191 e. The number of rotatable bonds is 8. The van der Waals surface area contributed by atoms with Crippen LogP contribution in [-0.2, 0) is 19.6 Å². The van der Waals surface area contributed by atoms with Crippen LogP contribution >= 0.6 is 24.0 Å². The fourth-order valence-electron chi connectivity index (χ4n) is 3.68. The maximum atomic E-state index is 5.47. The van der Waals surface area contributed by atoms with Crippen LogP contribution in [0.2, 0.25) is 0 Å². The molecule has 4 aromatic rings. The number of imidazole rings is 1. The number of para-hydroxylation sites is 2. The fourth-order valence-corrected chi connectivity index (χ4v) is 3.68. The molecule has 1 aromatic heterocycles. The first-order chi connectivity index (χ1) is 16.2. The molecule has 0 bridgehead atoms. The van der Waals surface area contributed by atoms with Gasteiger partial charge in [0.05, 0.1) is 31.6 Å². The Morgan fingerprint density at radius 3 is 2.38 bits per heavy atom. The number of fused-ring (bicyclic) bond motifs is 1. The highest BCUT2D eigenvalue weighted by Crippen LogP contribution is 2.24. The summed E-state index contributed by atoms with van der Waals surface area (Å²) in [6.45, 7) is 2.06. The van der Waals surface area contributed by atoms with Gasteiger partial charge >= 0.3 is 0 Å². The highest BCUT2D eigenvalue weighted by Gasteiger charge is 2.07. The van der Waals surface area contributed by atoms with Crippen molar-refractivity contribution in [3.05, 3.63) is 89.7 Å². The normalized spacial score (nSPS) is 11.1. The van der Waals surface area contributed by atoms with Crippen LogP contribution in [0.3, 0.4) is 0 Å². The van der Waals surface area contributed by atoms with Crippen molar-refractivity contribution < 1.29 is 9.47 Å². The maximum absolute atomic E-state index is 5.47. The molecule has 8 heteroatoms. The molecule has 1 heterocycles. The number of methoxy groups -OCH3 is 2. The summed E-state index contributed by atoms with van der Waals surface area (Å²) in [7, 11) is 5.06. The minimum Gasteiger partial charge on any atom is -0.497 e. The van der Waals surface area contributed by atoms with Crippen LogP contribution in [0, 0.1) is 0 Å². The summed E-state index contributed by atoms with van der Waals surface area (Å²) in [6, 6.07) is 22.6. The van der Waals surface area contributed by atoms with Gasteiger partial charge in [-0.1, -0.05) is 36.4 Å². The van der Waals surface area contributed by atoms with E-state index in [1.54, 1.807) is 21.3 Å². The monoisotopic (exact) mass is 571 g/mol. The maximum Gasteiger partial charge on any atom is 0.191 e. The largest absolute Gasteiger partial charge is 0.497 e. The first-order valence-electron chi connectivity index (χ1n) is 10.8. The molecule has 34 heavy (non-hydrogen) atoms. The van der Waals surface area contributed by atoms with Gasteiger partial charge in [0.15, 0.2) is 5.96 Å². The Morgan fingerprint density at radius 1 is 0.912 bits per heavy atom. The molecule has 3 aromatic carbocycles. The number of aliphatic imine (C=N–C) groups is 1. The third kappa shape index (κ3) is 6.19. The molecule has 0 atom stereocenters. The highest BCUT2D eigenvalue weighted by atomic mass is 127. The minimum absolute atomic E-state index is 0. The van der Waals surface area contributed by atoms with Crippen molar-refractivity contribution in [1.82, 2.24) is 20.2 Å². The van der Waals surface area contributed by atoms with Crippen molar-refractivity contribution in [2.75, 3.05) is 21.3 Å². The van der Waals surface area contributed by atoms with Gasteiger partial charge in [-0.15, -0.1) is 24.0 Å². The molecule has 7 nitrogen and oxygen atoms in total. The Morgan fingerprint density at radius 2 is 1.65 bits per heavy atom. The van der Waals surface area contributed by atoms with Crippen LogP contribution in [0.25, 0.3) is 11.0 Å². The molecule has 4 rings (SSSR count). The van der Waals surface area contributed by atoms with Crippen LogP contribution in [-0.4, -0.2) is 36.8 Å². The fraction of sp³-hybridized carbons (Fsp3) is 0.231. The van der Waals surface area contributed by atoms with Crippen LogP contribution < -0.4 is 20.1 Å². The van der Waals surface area contributed by atoms with E-state index in [9.17, 15) is 0 Å². The van der Waals surface area contributed by atoms with E-state index in [1.165, 1.54) is 11.1 Å². The van der Waals surface area contributed by atoms with Crippen molar-refractivity contribution in [1.29, 1.82) is 0 Å². The van der Waals surface area contributed by atoms with Gasteiger partial charge in [-0.05, 0) is 35.4 Å². The van der Waals surface area contributed by atoms with Gasteiger partial charge in [0.2, 0.25) is 0 Å². The quantitative estimate of drug-likeness (QED) is 0.184. The van der Waals surface area contributed by atoms with E-state index in [0.29, 0.717) is 13.1 Å². The Hall–Kier alpha value is -3.27. The number of aromatic nitrogens is 2. The van der Waals surface area contributed by atoms with Crippen molar-refractivity contribution in [2.45, 2.75) is 19.6 Å². The number of halogens is 1. The third-order valence-corrected chi connectivity index (χ3v) is 5.53. The van der Waals surface area contributed by atoms with E-state index in [2.05, 4.69) is 55.5 Å². The van der Waals surface area contributed by atoms with Crippen LogP contribution in [0.4, 0.5) is 0 Å². The molecule has 0 radical (unpaired) electrons. The predicted molar refractivity (Wildman–Crippen MR) is 147 cm³/mol. The van der Waals surface area contributed by atoms with E-state index in [-0.39, 0.29) is 24.0 Å². The minimum atomic E-state index is 0. The summed E-state index contributed by atoms with van der Waals surface area (Å²) in [4.78, 5) is 8.79. The average Bonchev–Trinajstić information content (AvgIpc) is 3.27. The number of ether oxygens (including phenoxy) is 2. The molecule has 0 saturated carbocycles. The molecule has 0 aliphatic heterocycles. The zero-order valence-electron chi connectivity index (χ0n) is 19.6. The predicted octanol–water partition coefficient (Wildman–Crippen LogP) is 4.59. The first kappa shape index (κ1) is 25.4. The van der Waals surface area contributed by atoms with Gasteiger partial charge in [0.25, 0.3) is 0 Å². The van der Waals surface area contributed by atoms with Gasteiger partial charge < -0.3 is 24.7 Å². The van der Waals surface area contributed by atoms with Crippen LogP contribution in [0.1, 0.15) is 16.7 Å². The Labute approximate surface area is 217 Å². The lowest BCUT2D eigenvalue weighted by Gasteiger charge is -2.15. The van der Waals surface area contributed by atoms with Crippen molar-refractivity contribution in [3.8, 4) is 11.5 Å². The summed E-state index contributed by atoms with van der Waals surface area (Å²) in [5.74, 6) is 2.27. The molecular formula is C26H30IN5O2. The summed E-state index contributed by atoms with van der Waals surface area (Å²) < 4.78 is 12.9. The van der Waals surface area contributed by atoms with Gasteiger partial charge in [0, 0.05) is 38.3 Å². The van der Waals surface area contributed by atoms with Gasteiger partial charge in [0.1, 0.15) is 11.5 Å². The Kier molecular flexibility index (Phi) is 9.15. The number of guanidine groups is 1. The van der Waals surface area contributed by atoms with Crippen LogP contribution in [0.5, 0.6) is 11.5 Å². The van der Waals surface area contributed by atoms with E-state index in [0.717, 1.165) is 40.6 Å². The summed E-state index contributed by atoms with van der Waals surface area (Å²) in [6.07, 6.45) is 1.90. The van der Waals surface area contributed by atoms with Gasteiger partial charge in [-0.25, -0.2) is 4.98 Å². The lowest BCUT2D eigenvalue weighted by atomic mass is 10.1. The molecule has 0 fully saturated rings. The van der Waals surface area contributed by atoms with Crippen molar-refractivity contribution >= 4 is 41.0 Å². The summed E-state index contributed by atoms with van der Waals surface area (Å²) in [5, 5.41) is 6.70. The molecule has 178 valence electrons. The first-order valence-corrected chi connectivity index (χ1v) is 10.8. The number of benzene rings is 3. The molecule has 0 aliphatic rings. The van der Waals surface area contributed by atoms with Crippen molar-refractivity contribution in [3.63, 3.8) is 0 Å². The molecular weight excluding hydrogens is 541 g/mol. The van der Waals surface area contributed by atoms with Crippen LogP contribution in [0.15, 0.2) is 78.0 Å². The SMILES string of the molecule is CN=C(NCc1ccc(Cn2cnc3ccccc32)cc1)NCc1ccc(OC)cc1OC.I. The number of hydrogen-bond acceptors (Lipinski definition) is 4.